The number of fused-ring (bicyclic) bond motifs is 1. The predicted octanol–water partition coefficient (Wildman–Crippen LogP) is 0.415. The summed E-state index contributed by atoms with van der Waals surface area (Å²) in [4.78, 5) is 52.5. The fraction of sp³-hybridized carbons (Fsp3) is 0.0625. The number of benzene rings is 1. The van der Waals surface area contributed by atoms with Crippen LogP contribution in [0.1, 0.15) is 31.1 Å². The van der Waals surface area contributed by atoms with E-state index < -0.39 is 30.2 Å². The lowest BCUT2D eigenvalue weighted by Gasteiger charge is -2.14. The molecule has 0 radical (unpaired) electrons. The van der Waals surface area contributed by atoms with Crippen LogP contribution in [0.25, 0.3) is 0 Å². The summed E-state index contributed by atoms with van der Waals surface area (Å²) < 4.78 is 0. The van der Waals surface area contributed by atoms with Gasteiger partial charge in [0.15, 0.2) is 0 Å². The van der Waals surface area contributed by atoms with Gasteiger partial charge in [0.25, 0.3) is 17.7 Å². The van der Waals surface area contributed by atoms with Gasteiger partial charge in [0.1, 0.15) is 6.54 Å². The highest BCUT2D eigenvalue weighted by molar-refractivity contribution is 6.22. The second-order valence-corrected chi connectivity index (χ2v) is 5.08. The molecule has 0 aliphatic carbocycles. The van der Waals surface area contributed by atoms with E-state index >= 15 is 0 Å². The molecule has 24 heavy (non-hydrogen) atoms. The van der Waals surface area contributed by atoms with Crippen molar-refractivity contribution >= 4 is 29.3 Å². The minimum atomic E-state index is -0.728. The summed E-state index contributed by atoms with van der Waals surface area (Å²) in [5, 5.41) is 2.44. The smallest absolute Gasteiger partial charge is 0.262 e. The first-order valence-corrected chi connectivity index (χ1v) is 6.98. The van der Waals surface area contributed by atoms with Gasteiger partial charge in [-0.3, -0.25) is 29.1 Å². The number of nitrogens with zero attached hydrogens (tertiary/aromatic N) is 2. The third-order valence-electron chi connectivity index (χ3n) is 3.54. The van der Waals surface area contributed by atoms with Gasteiger partial charge in [0, 0.05) is 6.20 Å². The van der Waals surface area contributed by atoms with E-state index in [1.165, 1.54) is 30.6 Å². The highest BCUT2D eigenvalue weighted by Gasteiger charge is 2.36. The Labute approximate surface area is 136 Å². The molecule has 3 rings (SSSR count). The van der Waals surface area contributed by atoms with Crippen molar-refractivity contribution < 1.29 is 19.2 Å². The van der Waals surface area contributed by atoms with Crippen LogP contribution in [0.5, 0.6) is 0 Å². The van der Waals surface area contributed by atoms with E-state index in [1.54, 1.807) is 12.1 Å². The van der Waals surface area contributed by atoms with E-state index in [1.807, 2.05) is 0 Å². The van der Waals surface area contributed by atoms with Gasteiger partial charge >= 0.3 is 0 Å². The number of pyridine rings is 1. The number of carbonyl (C=O) groups is 4. The number of rotatable bonds is 4. The number of carbonyl (C=O) groups excluding carboxylic acids is 4. The van der Waals surface area contributed by atoms with Crippen LogP contribution in [0.3, 0.4) is 0 Å². The standard InChI is InChI=1S/C16H12N4O4/c17-14(22)11-5-6-18-7-12(11)19-13(21)8-20-15(23)9-3-1-2-4-10(9)16(20)24/h1-7H,8H2,(H2,17,22)(H,19,21). The molecule has 8 nitrogen and oxygen atoms in total. The molecule has 8 heteroatoms. The summed E-state index contributed by atoms with van der Waals surface area (Å²) in [6, 6.07) is 7.70. The van der Waals surface area contributed by atoms with Crippen molar-refractivity contribution in [3.63, 3.8) is 0 Å². The summed E-state index contributed by atoms with van der Waals surface area (Å²) in [7, 11) is 0. The van der Waals surface area contributed by atoms with Crippen LogP contribution in [0, 0.1) is 0 Å². The van der Waals surface area contributed by atoms with Crippen molar-refractivity contribution in [2.75, 3.05) is 11.9 Å². The molecule has 2 heterocycles. The van der Waals surface area contributed by atoms with Crippen molar-refractivity contribution in [3.05, 3.63) is 59.4 Å². The van der Waals surface area contributed by atoms with Gasteiger partial charge in [-0.2, -0.15) is 0 Å². The Morgan fingerprint density at radius 3 is 2.29 bits per heavy atom. The molecule has 3 N–H and O–H groups in total. The van der Waals surface area contributed by atoms with E-state index in [0.29, 0.717) is 0 Å². The van der Waals surface area contributed by atoms with Crippen LogP contribution in [-0.2, 0) is 4.79 Å². The summed E-state index contributed by atoms with van der Waals surface area (Å²) in [6.45, 7) is -0.473. The number of nitrogens with one attached hydrogen (secondary N) is 1. The van der Waals surface area contributed by atoms with Gasteiger partial charge in [-0.15, -0.1) is 0 Å². The largest absolute Gasteiger partial charge is 0.366 e. The first-order chi connectivity index (χ1) is 11.5. The van der Waals surface area contributed by atoms with Gasteiger partial charge in [-0.1, -0.05) is 12.1 Å². The van der Waals surface area contributed by atoms with Crippen LogP contribution in [0.15, 0.2) is 42.7 Å². The van der Waals surface area contributed by atoms with E-state index in [0.717, 1.165) is 4.90 Å². The van der Waals surface area contributed by atoms with Crippen LogP contribution >= 0.6 is 0 Å². The molecule has 1 aromatic heterocycles. The number of amides is 4. The number of aromatic nitrogens is 1. The lowest BCUT2D eigenvalue weighted by molar-refractivity contribution is -0.116. The molecule has 1 aromatic carbocycles. The number of hydrogen-bond acceptors (Lipinski definition) is 5. The maximum absolute atomic E-state index is 12.2. The maximum Gasteiger partial charge on any atom is 0.262 e. The predicted molar refractivity (Wildman–Crippen MR) is 83.2 cm³/mol. The molecule has 0 fully saturated rings. The molecular weight excluding hydrogens is 312 g/mol. The minimum Gasteiger partial charge on any atom is -0.366 e. The highest BCUT2D eigenvalue weighted by Crippen LogP contribution is 2.22. The van der Waals surface area contributed by atoms with Crippen LogP contribution in [0.4, 0.5) is 5.69 Å². The lowest BCUT2D eigenvalue weighted by Crippen LogP contribution is -2.37. The minimum absolute atomic E-state index is 0.0840. The Hall–Kier alpha value is -3.55. The van der Waals surface area contributed by atoms with Gasteiger partial charge in [-0.05, 0) is 18.2 Å². The highest BCUT2D eigenvalue weighted by atomic mass is 16.2. The molecule has 0 atom stereocenters. The summed E-state index contributed by atoms with van der Waals surface area (Å²) in [5.74, 6) is -2.44. The van der Waals surface area contributed by atoms with Crippen molar-refractivity contribution in [3.8, 4) is 0 Å². The average Bonchev–Trinajstić information content (AvgIpc) is 2.80. The van der Waals surface area contributed by atoms with E-state index in [4.69, 9.17) is 5.73 Å². The Morgan fingerprint density at radius 1 is 1.08 bits per heavy atom. The average molecular weight is 324 g/mol. The summed E-state index contributed by atoms with van der Waals surface area (Å²) in [5.41, 5.74) is 5.94. The zero-order valence-corrected chi connectivity index (χ0v) is 12.4. The van der Waals surface area contributed by atoms with Gasteiger partial charge in [0.2, 0.25) is 5.91 Å². The third-order valence-corrected chi connectivity index (χ3v) is 3.54. The topological polar surface area (TPSA) is 122 Å². The summed E-state index contributed by atoms with van der Waals surface area (Å²) in [6.07, 6.45) is 2.63. The van der Waals surface area contributed by atoms with Crippen molar-refractivity contribution in [2.24, 2.45) is 5.73 Å². The monoisotopic (exact) mass is 324 g/mol. The van der Waals surface area contributed by atoms with Crippen LogP contribution in [0.2, 0.25) is 0 Å². The molecule has 0 bridgehead atoms. The number of imide groups is 1. The van der Waals surface area contributed by atoms with E-state index in [9.17, 15) is 19.2 Å². The van der Waals surface area contributed by atoms with Crippen molar-refractivity contribution in [1.29, 1.82) is 0 Å². The first-order valence-electron chi connectivity index (χ1n) is 6.98. The SMILES string of the molecule is NC(=O)c1ccncc1NC(=O)CN1C(=O)c2ccccc2C1=O. The first kappa shape index (κ1) is 15.3. The Kier molecular flexibility index (Phi) is 3.78. The van der Waals surface area contributed by atoms with Gasteiger partial charge in [0.05, 0.1) is 28.6 Å². The Bertz CT molecular complexity index is 843. The molecule has 4 amide bonds. The second-order valence-electron chi connectivity index (χ2n) is 5.08. The molecule has 0 unspecified atom stereocenters. The Balaban J connectivity index is 1.77. The Morgan fingerprint density at radius 2 is 1.71 bits per heavy atom. The fourth-order valence-electron chi connectivity index (χ4n) is 2.43. The maximum atomic E-state index is 12.2. The van der Waals surface area contributed by atoms with Crippen LogP contribution < -0.4 is 11.1 Å². The quantitative estimate of drug-likeness (QED) is 0.789. The normalized spacial score (nSPS) is 12.9. The molecular formula is C16H12N4O4. The lowest BCUT2D eigenvalue weighted by atomic mass is 10.1. The van der Waals surface area contributed by atoms with Gasteiger partial charge < -0.3 is 11.1 Å². The zero-order chi connectivity index (χ0) is 17.3. The van der Waals surface area contributed by atoms with Crippen molar-refractivity contribution in [1.82, 2.24) is 9.88 Å². The number of anilines is 1. The zero-order valence-electron chi connectivity index (χ0n) is 12.4. The molecule has 1 aliphatic rings. The number of hydrogen-bond donors (Lipinski definition) is 2. The molecule has 120 valence electrons. The fourth-order valence-corrected chi connectivity index (χ4v) is 2.43. The van der Waals surface area contributed by atoms with Crippen LogP contribution in [-0.4, -0.2) is 40.1 Å². The molecule has 0 spiro atoms. The number of nitrogens with two attached hydrogens (primary N) is 1. The second kappa shape index (κ2) is 5.92. The molecule has 1 aliphatic heterocycles. The molecule has 0 saturated heterocycles. The molecule has 0 saturated carbocycles. The third kappa shape index (κ3) is 2.60. The van der Waals surface area contributed by atoms with Gasteiger partial charge in [-0.25, -0.2) is 0 Å². The summed E-state index contributed by atoms with van der Waals surface area (Å²) >= 11 is 0. The molecule has 2 aromatic rings. The van der Waals surface area contributed by atoms with E-state index in [-0.39, 0.29) is 22.4 Å². The van der Waals surface area contributed by atoms with E-state index in [2.05, 4.69) is 10.3 Å². The van der Waals surface area contributed by atoms with Crippen molar-refractivity contribution in [2.45, 2.75) is 0 Å². The number of primary amides is 1.